The van der Waals surface area contributed by atoms with Gasteiger partial charge >= 0.3 is 5.97 Å². The molecular formula is C14H19N5O7S. The Hall–Kier alpha value is -2.03. The van der Waals surface area contributed by atoms with Crippen LogP contribution in [0.25, 0.3) is 11.2 Å². The summed E-state index contributed by atoms with van der Waals surface area (Å²) in [5, 5.41) is 39.0. The molecule has 1 aliphatic heterocycles. The average Bonchev–Trinajstić information content (AvgIpc) is 3.17. The Morgan fingerprint density at radius 1 is 1.37 bits per heavy atom. The van der Waals surface area contributed by atoms with E-state index in [-0.39, 0.29) is 35.0 Å². The van der Waals surface area contributed by atoms with Crippen LogP contribution in [0.1, 0.15) is 12.6 Å². The molecule has 12 nitrogen and oxygen atoms in total. The van der Waals surface area contributed by atoms with Crippen molar-refractivity contribution in [2.75, 3.05) is 11.5 Å². The molecule has 1 saturated heterocycles. The molecule has 6 N–H and O–H groups in total. The molecule has 2 aromatic heterocycles. The average molecular weight is 401 g/mol. The summed E-state index contributed by atoms with van der Waals surface area (Å²) < 4.78 is 19.1. The number of hydrogen-bond donors (Lipinski definition) is 5. The maximum absolute atomic E-state index is 12.1. The van der Waals surface area contributed by atoms with Crippen LogP contribution in [0.3, 0.4) is 0 Å². The van der Waals surface area contributed by atoms with Crippen LogP contribution in [0.5, 0.6) is 5.88 Å². The minimum absolute atomic E-state index is 0.0130. The van der Waals surface area contributed by atoms with Crippen molar-refractivity contribution in [2.45, 2.75) is 37.0 Å². The highest BCUT2D eigenvalue weighted by atomic mass is 32.2. The molecule has 3 unspecified atom stereocenters. The Bertz CT molecular complexity index is 820. The number of nitrogens with two attached hydrogens (primary N) is 1. The van der Waals surface area contributed by atoms with E-state index in [0.717, 1.165) is 6.33 Å². The first-order valence-corrected chi connectivity index (χ1v) is 9.50. The number of aliphatic hydroxyl groups is 2. The Balaban J connectivity index is 1.68. The summed E-state index contributed by atoms with van der Waals surface area (Å²) in [4.78, 5) is 22.2. The van der Waals surface area contributed by atoms with Crippen molar-refractivity contribution in [1.29, 1.82) is 0 Å². The van der Waals surface area contributed by atoms with Gasteiger partial charge in [0.15, 0.2) is 17.4 Å². The summed E-state index contributed by atoms with van der Waals surface area (Å²) in [5.41, 5.74) is 5.69. The van der Waals surface area contributed by atoms with Crippen LogP contribution in [0.4, 0.5) is 0 Å². The Morgan fingerprint density at radius 2 is 2.11 bits per heavy atom. The second-order valence-electron chi connectivity index (χ2n) is 6.11. The van der Waals surface area contributed by atoms with Crippen LogP contribution in [0.2, 0.25) is 0 Å². The van der Waals surface area contributed by atoms with Crippen molar-refractivity contribution in [3.63, 3.8) is 0 Å². The minimum atomic E-state index is -1.51. The second-order valence-corrected chi connectivity index (χ2v) is 7.73. The molecule has 1 aliphatic rings. The summed E-state index contributed by atoms with van der Waals surface area (Å²) in [5.74, 6) is -1.60. The van der Waals surface area contributed by atoms with Crippen molar-refractivity contribution >= 4 is 28.3 Å². The van der Waals surface area contributed by atoms with Gasteiger partial charge in [0.2, 0.25) is 5.88 Å². The smallest absolute Gasteiger partial charge is 0.320 e. The quantitative estimate of drug-likeness (QED) is 0.312. The largest absolute Gasteiger partial charge is 0.616 e. The Morgan fingerprint density at radius 3 is 2.81 bits per heavy atom. The van der Waals surface area contributed by atoms with E-state index in [1.807, 2.05) is 0 Å². The van der Waals surface area contributed by atoms with E-state index >= 15 is 0 Å². The van der Waals surface area contributed by atoms with E-state index < -0.39 is 47.7 Å². The third-order valence-corrected chi connectivity index (χ3v) is 5.67. The van der Waals surface area contributed by atoms with Crippen molar-refractivity contribution in [3.05, 3.63) is 12.7 Å². The third kappa shape index (κ3) is 3.97. The van der Waals surface area contributed by atoms with E-state index in [0.29, 0.717) is 0 Å². The molecule has 0 amide bonds. The zero-order valence-electron chi connectivity index (χ0n) is 14.0. The first-order chi connectivity index (χ1) is 12.8. The second kappa shape index (κ2) is 7.92. The molecule has 3 heterocycles. The van der Waals surface area contributed by atoms with E-state index in [2.05, 4.69) is 15.0 Å². The Labute approximate surface area is 155 Å². The van der Waals surface area contributed by atoms with Crippen LogP contribution in [-0.2, 0) is 20.7 Å². The molecule has 6 atom stereocenters. The number of rotatable bonds is 7. The Kier molecular flexibility index (Phi) is 5.78. The summed E-state index contributed by atoms with van der Waals surface area (Å²) in [6, 6.07) is -1.12. The van der Waals surface area contributed by atoms with Crippen molar-refractivity contribution in [2.24, 2.45) is 5.73 Å². The number of aromatic hydroxyl groups is 1. The van der Waals surface area contributed by atoms with Crippen LogP contribution >= 0.6 is 0 Å². The molecule has 148 valence electrons. The number of carbonyl (C=O) groups is 1. The minimum Gasteiger partial charge on any atom is -0.616 e. The van der Waals surface area contributed by atoms with Crippen molar-refractivity contribution < 1.29 is 34.5 Å². The van der Waals surface area contributed by atoms with Crippen LogP contribution < -0.4 is 5.73 Å². The number of ether oxygens (including phenoxy) is 1. The zero-order chi connectivity index (χ0) is 19.7. The normalized spacial score (nSPS) is 27.7. The summed E-state index contributed by atoms with van der Waals surface area (Å²) in [6.07, 6.45) is -2.25. The summed E-state index contributed by atoms with van der Waals surface area (Å²) in [6.45, 7) is 0. The number of aromatic nitrogens is 4. The summed E-state index contributed by atoms with van der Waals surface area (Å²) in [7, 11) is 0. The van der Waals surface area contributed by atoms with Gasteiger partial charge in [-0.2, -0.15) is 4.98 Å². The van der Waals surface area contributed by atoms with Gasteiger partial charge in [0.05, 0.1) is 6.33 Å². The van der Waals surface area contributed by atoms with Gasteiger partial charge in [-0.1, -0.05) is 11.2 Å². The SMILES string of the molecule is N[C@H](CC[S+]([O-])CC1OC(n2cnc3c(O)ncnc32)[C@H](O)[C@@H]1O)C(=O)O. The molecule has 13 heteroatoms. The van der Waals surface area contributed by atoms with Gasteiger partial charge in [-0.25, -0.2) is 9.97 Å². The summed E-state index contributed by atoms with van der Waals surface area (Å²) >= 11 is -1.51. The lowest BCUT2D eigenvalue weighted by Gasteiger charge is -2.18. The number of fused-ring (bicyclic) bond motifs is 1. The van der Waals surface area contributed by atoms with Gasteiger partial charge in [0.1, 0.15) is 42.2 Å². The van der Waals surface area contributed by atoms with E-state index in [1.54, 1.807) is 0 Å². The highest BCUT2D eigenvalue weighted by molar-refractivity contribution is 7.91. The van der Waals surface area contributed by atoms with Crippen molar-refractivity contribution in [3.8, 4) is 5.88 Å². The van der Waals surface area contributed by atoms with Crippen molar-refractivity contribution in [1.82, 2.24) is 19.5 Å². The van der Waals surface area contributed by atoms with Crippen LogP contribution in [0, 0.1) is 0 Å². The lowest BCUT2D eigenvalue weighted by atomic mass is 10.1. The highest BCUT2D eigenvalue weighted by Gasteiger charge is 2.46. The fourth-order valence-electron chi connectivity index (χ4n) is 2.77. The first kappa shape index (κ1) is 19.7. The lowest BCUT2D eigenvalue weighted by molar-refractivity contribution is -0.138. The molecule has 0 spiro atoms. The van der Waals surface area contributed by atoms with E-state index in [9.17, 15) is 24.7 Å². The number of hydrogen-bond acceptors (Lipinski definition) is 10. The predicted molar refractivity (Wildman–Crippen MR) is 91.0 cm³/mol. The van der Waals surface area contributed by atoms with Gasteiger partial charge in [0, 0.05) is 6.42 Å². The van der Waals surface area contributed by atoms with Gasteiger partial charge in [-0.3, -0.25) is 9.36 Å². The number of carboxylic acids is 1. The van der Waals surface area contributed by atoms with E-state index in [4.69, 9.17) is 15.6 Å². The predicted octanol–water partition coefficient (Wildman–Crippen LogP) is -2.30. The number of aliphatic hydroxyl groups excluding tert-OH is 2. The molecule has 2 aromatic rings. The monoisotopic (exact) mass is 401 g/mol. The van der Waals surface area contributed by atoms with E-state index in [1.165, 1.54) is 10.9 Å². The molecule has 0 radical (unpaired) electrons. The highest BCUT2D eigenvalue weighted by Crippen LogP contribution is 2.33. The standard InChI is InChI=1S/C14H19N5O7S/c15-6(14(23)24)1-2-27(25)3-7-9(20)10(21)13(26-7)19-5-18-8-11(19)16-4-17-12(8)22/h4-7,9-10,13,20-21H,1-3,15H2,(H,23,24)(H,16,17,22)/t6-,7?,9-,10-,13?,27?/m1/s1. The number of aliphatic carboxylic acids is 1. The van der Waals surface area contributed by atoms with Gasteiger partial charge < -0.3 is 35.4 Å². The molecule has 0 saturated carbocycles. The topological polar surface area (TPSA) is 200 Å². The molecule has 0 aliphatic carbocycles. The molecule has 0 aromatic carbocycles. The maximum atomic E-state index is 12.1. The van der Waals surface area contributed by atoms with Gasteiger partial charge in [0.25, 0.3) is 0 Å². The first-order valence-electron chi connectivity index (χ1n) is 8.01. The number of nitrogens with zero attached hydrogens (tertiary/aromatic N) is 4. The van der Waals surface area contributed by atoms with Gasteiger partial charge in [-0.15, -0.1) is 0 Å². The number of carboxylic acid groups (broad SMARTS) is 1. The fraction of sp³-hybridized carbons (Fsp3) is 0.571. The zero-order valence-corrected chi connectivity index (χ0v) is 14.8. The molecule has 3 rings (SSSR count). The molecular weight excluding hydrogens is 382 g/mol. The maximum Gasteiger partial charge on any atom is 0.320 e. The molecule has 1 fully saturated rings. The third-order valence-electron chi connectivity index (χ3n) is 4.27. The fourth-order valence-corrected chi connectivity index (χ4v) is 4.10. The number of imidazole rings is 1. The van der Waals surface area contributed by atoms with Crippen LogP contribution in [0.15, 0.2) is 12.7 Å². The lowest BCUT2D eigenvalue weighted by Crippen LogP contribution is -2.37. The van der Waals surface area contributed by atoms with Gasteiger partial charge in [-0.05, 0) is 0 Å². The molecule has 27 heavy (non-hydrogen) atoms. The van der Waals surface area contributed by atoms with Crippen LogP contribution in [-0.4, -0.2) is 86.3 Å². The molecule has 0 bridgehead atoms.